The predicted octanol–water partition coefficient (Wildman–Crippen LogP) is 5.63. The Bertz CT molecular complexity index is 1140. The monoisotopic (exact) mass is 599 g/mol. The highest BCUT2D eigenvalue weighted by Gasteiger charge is 2.50. The zero-order chi connectivity index (χ0) is 32.3. The number of unbranched alkanes of at least 4 members (excludes halogenated alkanes) is 2. The van der Waals surface area contributed by atoms with Crippen LogP contribution in [0.5, 0.6) is 0 Å². The van der Waals surface area contributed by atoms with Crippen LogP contribution in [-0.4, -0.2) is 55.1 Å². The molecule has 0 aliphatic carbocycles. The molecule has 1 aliphatic rings. The Morgan fingerprint density at radius 1 is 0.791 bits per heavy atom. The number of nitrogens with one attached hydrogen (secondary N) is 1. The molecule has 1 saturated heterocycles. The van der Waals surface area contributed by atoms with Gasteiger partial charge < -0.3 is 29.0 Å². The average molecular weight is 600 g/mol. The van der Waals surface area contributed by atoms with Gasteiger partial charge >= 0.3 is 11.9 Å². The van der Waals surface area contributed by atoms with Gasteiger partial charge in [-0.15, -0.1) is 0 Å². The number of rotatable bonds is 18. The molecule has 1 N–H and O–H groups in total. The van der Waals surface area contributed by atoms with E-state index in [1.165, 1.54) is 0 Å². The van der Waals surface area contributed by atoms with Crippen molar-refractivity contribution in [3.05, 3.63) is 71.8 Å². The molecule has 0 aromatic heterocycles. The van der Waals surface area contributed by atoms with Gasteiger partial charge in [0.05, 0.1) is 13.2 Å². The molecule has 1 unspecified atom stereocenters. The number of carbonyl (C=O) groups is 3. The van der Waals surface area contributed by atoms with Crippen molar-refractivity contribution in [3.63, 3.8) is 0 Å². The van der Waals surface area contributed by atoms with Crippen LogP contribution in [0.4, 0.5) is 0 Å². The number of esters is 2. The van der Waals surface area contributed by atoms with Crippen LogP contribution in [0.3, 0.4) is 0 Å². The molecule has 0 bridgehead atoms. The van der Waals surface area contributed by atoms with Gasteiger partial charge in [0, 0.05) is 22.0 Å². The first-order valence-electron chi connectivity index (χ1n) is 16.6. The second kappa shape index (κ2) is 19.1. The molecule has 3 rings (SSSR count). The first-order valence-corrected chi connectivity index (χ1v) is 15.1. The van der Waals surface area contributed by atoms with E-state index in [-0.39, 0.29) is 58.8 Å². The van der Waals surface area contributed by atoms with Crippen molar-refractivity contribution in [2.45, 2.75) is 116 Å². The molecule has 0 spiro atoms. The van der Waals surface area contributed by atoms with Crippen LogP contribution >= 0.6 is 0 Å². The fraction of sp³-hybridized carbons (Fsp3) is 0.559. The Balaban J connectivity index is 1.93. The Hall–Kier alpha value is -3.27. The molecule has 0 saturated carbocycles. The highest BCUT2D eigenvalue weighted by atomic mass is 16.7. The minimum Gasteiger partial charge on any atom is -0.463 e. The lowest BCUT2D eigenvalue weighted by molar-refractivity contribution is -0.286. The van der Waals surface area contributed by atoms with Gasteiger partial charge in [-0.1, -0.05) is 94.2 Å². The van der Waals surface area contributed by atoms with E-state index >= 15 is 0 Å². The fourth-order valence-electron chi connectivity index (χ4n) is 4.67. The maximum atomic E-state index is 13.0. The van der Waals surface area contributed by atoms with E-state index in [1.54, 1.807) is 0 Å². The van der Waals surface area contributed by atoms with Gasteiger partial charge in [0.25, 0.3) is 0 Å². The molecule has 1 fully saturated rings. The standard InChI is InChI=1S/C34H47NO8/c1-4-7-20-29(37)39-24-27-32(43-30(38)21-8-5-2)33(40-22-25-16-11-9-12-17-25)31(35-28(36)15-6-3)34(42-27)41-23-26-18-13-10-14-19-26/h9-14,16-19,27,31-34H,4-8,15,20-24H2,1-3H3,(H,35,36)/t27-,31-,32-,33-,34?/m1/s1/i1D,2D. The van der Waals surface area contributed by atoms with Crippen LogP contribution in [-0.2, 0) is 51.3 Å². The molecule has 43 heavy (non-hydrogen) atoms. The SMILES string of the molecule is [2H]CCCCC(=O)OC[C@H]1OC(OCc2ccccc2)[C@H](NC(=O)CCC)[C@@H](OCc2ccccc2)[C@@H]1OC(=O)CCCC[2H]. The van der Waals surface area contributed by atoms with Crippen LogP contribution in [0.1, 0.15) is 86.0 Å². The summed E-state index contributed by atoms with van der Waals surface area (Å²) >= 11 is 0. The van der Waals surface area contributed by atoms with Crippen molar-refractivity contribution in [1.29, 1.82) is 0 Å². The Morgan fingerprint density at radius 2 is 1.40 bits per heavy atom. The van der Waals surface area contributed by atoms with Gasteiger partial charge in [-0.25, -0.2) is 0 Å². The molecule has 2 aromatic rings. The third-order valence-electron chi connectivity index (χ3n) is 6.93. The van der Waals surface area contributed by atoms with Gasteiger partial charge in [0.1, 0.15) is 24.9 Å². The Kier molecular flexibility index (Phi) is 13.8. The number of carbonyl (C=O) groups excluding carboxylic acids is 3. The quantitative estimate of drug-likeness (QED) is 0.173. The molecular formula is C34H47NO8. The number of benzene rings is 2. The second-order valence-corrected chi connectivity index (χ2v) is 10.5. The topological polar surface area (TPSA) is 109 Å². The molecule has 9 nitrogen and oxygen atoms in total. The summed E-state index contributed by atoms with van der Waals surface area (Å²) in [5.74, 6) is -1.18. The third kappa shape index (κ3) is 11.7. The van der Waals surface area contributed by atoms with Crippen molar-refractivity contribution in [1.82, 2.24) is 5.32 Å². The van der Waals surface area contributed by atoms with E-state index in [0.717, 1.165) is 11.1 Å². The number of ether oxygens (including phenoxy) is 5. The molecular weight excluding hydrogens is 550 g/mol. The van der Waals surface area contributed by atoms with E-state index in [1.807, 2.05) is 67.6 Å². The van der Waals surface area contributed by atoms with Crippen molar-refractivity contribution >= 4 is 17.8 Å². The van der Waals surface area contributed by atoms with Gasteiger partial charge in [0.2, 0.25) is 5.91 Å². The largest absolute Gasteiger partial charge is 0.463 e. The predicted molar refractivity (Wildman–Crippen MR) is 162 cm³/mol. The van der Waals surface area contributed by atoms with Crippen LogP contribution in [0.2, 0.25) is 0 Å². The normalized spacial score (nSPS) is 22.2. The van der Waals surface area contributed by atoms with Crippen molar-refractivity contribution in [2.24, 2.45) is 0 Å². The lowest BCUT2D eigenvalue weighted by Gasteiger charge is -2.45. The third-order valence-corrected chi connectivity index (χ3v) is 6.93. The molecule has 9 heteroatoms. The molecule has 236 valence electrons. The molecule has 1 amide bonds. The van der Waals surface area contributed by atoms with E-state index in [2.05, 4.69) is 5.32 Å². The first kappa shape index (κ1) is 31.2. The summed E-state index contributed by atoms with van der Waals surface area (Å²) in [5, 5.41) is 3.01. The summed E-state index contributed by atoms with van der Waals surface area (Å²) < 4.78 is 45.4. The van der Waals surface area contributed by atoms with Gasteiger partial charge in [-0.2, -0.15) is 0 Å². The summed E-state index contributed by atoms with van der Waals surface area (Å²) in [7, 11) is 0. The van der Waals surface area contributed by atoms with Gasteiger partial charge in [0.15, 0.2) is 12.4 Å². The van der Waals surface area contributed by atoms with Crippen molar-refractivity contribution < 1.29 is 40.8 Å². The lowest BCUT2D eigenvalue weighted by atomic mass is 9.95. The van der Waals surface area contributed by atoms with E-state index < -0.39 is 42.6 Å². The summed E-state index contributed by atoms with van der Waals surface area (Å²) in [5.41, 5.74) is 1.77. The highest BCUT2D eigenvalue weighted by molar-refractivity contribution is 5.76. The lowest BCUT2D eigenvalue weighted by Crippen LogP contribution is -2.66. The van der Waals surface area contributed by atoms with Crippen molar-refractivity contribution in [2.75, 3.05) is 6.61 Å². The molecule has 1 heterocycles. The fourth-order valence-corrected chi connectivity index (χ4v) is 4.67. The number of amides is 1. The van der Waals surface area contributed by atoms with Gasteiger partial charge in [-0.05, 0) is 30.4 Å². The second-order valence-electron chi connectivity index (χ2n) is 10.5. The summed E-state index contributed by atoms with van der Waals surface area (Å²) in [6, 6.07) is 18.2. The maximum absolute atomic E-state index is 13.0. The number of hydrogen-bond acceptors (Lipinski definition) is 8. The summed E-state index contributed by atoms with van der Waals surface area (Å²) in [4.78, 5) is 38.6. The zero-order valence-electron chi connectivity index (χ0n) is 27.1. The maximum Gasteiger partial charge on any atom is 0.306 e. The minimum atomic E-state index is -1.04. The van der Waals surface area contributed by atoms with Crippen LogP contribution in [0.15, 0.2) is 60.7 Å². The van der Waals surface area contributed by atoms with Gasteiger partial charge in [-0.3, -0.25) is 14.4 Å². The molecule has 0 radical (unpaired) electrons. The number of hydrogen-bond donors (Lipinski definition) is 1. The smallest absolute Gasteiger partial charge is 0.306 e. The van der Waals surface area contributed by atoms with Crippen LogP contribution in [0, 0.1) is 0 Å². The minimum absolute atomic E-state index is 0.0984. The summed E-state index contributed by atoms with van der Waals surface area (Å²) in [6.07, 6.45) is -0.631. The molecule has 1 aliphatic heterocycles. The Labute approximate surface area is 258 Å². The average Bonchev–Trinajstić information content (AvgIpc) is 3.04. The Morgan fingerprint density at radius 3 is 2.00 bits per heavy atom. The van der Waals surface area contributed by atoms with Crippen LogP contribution in [0.25, 0.3) is 0 Å². The summed E-state index contributed by atoms with van der Waals surface area (Å²) in [6.45, 7) is 2.44. The zero-order valence-corrected chi connectivity index (χ0v) is 25.1. The van der Waals surface area contributed by atoms with E-state index in [0.29, 0.717) is 32.1 Å². The highest BCUT2D eigenvalue weighted by Crippen LogP contribution is 2.30. The first-order chi connectivity index (χ1) is 21.9. The molecule has 5 atom stereocenters. The molecule has 2 aromatic carbocycles. The van der Waals surface area contributed by atoms with E-state index in [9.17, 15) is 14.4 Å². The van der Waals surface area contributed by atoms with Crippen LogP contribution < -0.4 is 5.32 Å². The van der Waals surface area contributed by atoms with Crippen molar-refractivity contribution in [3.8, 4) is 0 Å². The van der Waals surface area contributed by atoms with E-state index in [4.69, 9.17) is 26.4 Å².